The minimum absolute atomic E-state index is 0.729. The molecule has 0 saturated heterocycles. The molecule has 0 aromatic rings. The van der Waals surface area contributed by atoms with Crippen molar-refractivity contribution in [1.29, 1.82) is 0 Å². The molecule has 0 fully saturated rings. The van der Waals surface area contributed by atoms with Gasteiger partial charge in [0.05, 0.1) is 6.42 Å². The number of carboxylic acids is 3. The Labute approximate surface area is 83.9 Å². The van der Waals surface area contributed by atoms with Gasteiger partial charge in [-0.05, 0) is 6.92 Å². The first-order valence-electron chi connectivity index (χ1n) is 3.75. The van der Waals surface area contributed by atoms with Gasteiger partial charge in [0, 0.05) is 0 Å². The van der Waals surface area contributed by atoms with E-state index in [1.807, 2.05) is 0 Å². The summed E-state index contributed by atoms with van der Waals surface area (Å²) >= 11 is 0. The number of rotatable bonds is 5. The molecule has 0 bridgehead atoms. The molecule has 0 rings (SSSR count). The summed E-state index contributed by atoms with van der Waals surface area (Å²) in [6, 6.07) is 0. The SMILES string of the molecule is CC(N)(C(=O)O)C(O)(CC(=O)O)C(=O)O. The Kier molecular flexibility index (Phi) is 3.40. The number of carboxylic acid groups (broad SMARTS) is 3. The van der Waals surface area contributed by atoms with Crippen LogP contribution in [0.15, 0.2) is 0 Å². The number of carbonyl (C=O) groups is 3. The van der Waals surface area contributed by atoms with Gasteiger partial charge in [0.2, 0.25) is 5.60 Å². The van der Waals surface area contributed by atoms with Crippen LogP contribution in [0, 0.1) is 0 Å². The lowest BCUT2D eigenvalue weighted by molar-refractivity contribution is -0.180. The normalized spacial score (nSPS) is 18.6. The number of aliphatic carboxylic acids is 3. The van der Waals surface area contributed by atoms with Gasteiger partial charge in [0.25, 0.3) is 0 Å². The molecule has 0 aromatic heterocycles. The van der Waals surface area contributed by atoms with Crippen molar-refractivity contribution in [3.8, 4) is 0 Å². The molecule has 6 N–H and O–H groups in total. The predicted octanol–water partition coefficient (Wildman–Crippen LogP) is -1.92. The highest BCUT2D eigenvalue weighted by molar-refractivity contribution is 5.94. The Balaban J connectivity index is 5.38. The van der Waals surface area contributed by atoms with Crippen LogP contribution in [0.4, 0.5) is 0 Å². The first kappa shape index (κ1) is 13.3. The van der Waals surface area contributed by atoms with Gasteiger partial charge in [-0.2, -0.15) is 0 Å². The molecular formula is C7H11NO7. The second-order valence-corrected chi connectivity index (χ2v) is 3.24. The van der Waals surface area contributed by atoms with Crippen LogP contribution in [-0.4, -0.2) is 49.5 Å². The van der Waals surface area contributed by atoms with Crippen molar-refractivity contribution < 1.29 is 34.8 Å². The highest BCUT2D eigenvalue weighted by Gasteiger charge is 2.57. The number of hydrogen-bond donors (Lipinski definition) is 5. The lowest BCUT2D eigenvalue weighted by Gasteiger charge is -2.34. The van der Waals surface area contributed by atoms with Gasteiger partial charge in [0.1, 0.15) is 0 Å². The molecule has 8 heteroatoms. The van der Waals surface area contributed by atoms with Crippen molar-refractivity contribution in [2.24, 2.45) is 5.73 Å². The van der Waals surface area contributed by atoms with Crippen molar-refractivity contribution in [2.45, 2.75) is 24.5 Å². The average Bonchev–Trinajstić information content (AvgIpc) is 2.01. The van der Waals surface area contributed by atoms with E-state index in [4.69, 9.17) is 21.1 Å². The smallest absolute Gasteiger partial charge is 0.338 e. The average molecular weight is 221 g/mol. The zero-order valence-electron chi connectivity index (χ0n) is 7.80. The van der Waals surface area contributed by atoms with Crippen LogP contribution in [0.1, 0.15) is 13.3 Å². The minimum atomic E-state index is -3.06. The maximum absolute atomic E-state index is 10.7. The molecule has 2 unspecified atom stereocenters. The summed E-state index contributed by atoms with van der Waals surface area (Å²) < 4.78 is 0. The Hall–Kier alpha value is -1.67. The monoisotopic (exact) mass is 221 g/mol. The van der Waals surface area contributed by atoms with Gasteiger partial charge >= 0.3 is 17.9 Å². The molecule has 0 aliphatic carbocycles. The van der Waals surface area contributed by atoms with Crippen molar-refractivity contribution in [2.75, 3.05) is 0 Å². The minimum Gasteiger partial charge on any atom is -0.481 e. The quantitative estimate of drug-likeness (QED) is 0.359. The van der Waals surface area contributed by atoms with Crippen molar-refractivity contribution in [1.82, 2.24) is 0 Å². The highest BCUT2D eigenvalue weighted by Crippen LogP contribution is 2.24. The van der Waals surface area contributed by atoms with E-state index in [1.54, 1.807) is 0 Å². The van der Waals surface area contributed by atoms with E-state index in [1.165, 1.54) is 0 Å². The highest BCUT2D eigenvalue weighted by atomic mass is 16.4. The summed E-state index contributed by atoms with van der Waals surface area (Å²) in [5.41, 5.74) is -0.571. The van der Waals surface area contributed by atoms with Crippen LogP contribution in [-0.2, 0) is 14.4 Å². The van der Waals surface area contributed by atoms with Crippen LogP contribution in [0.5, 0.6) is 0 Å². The lowest BCUT2D eigenvalue weighted by Crippen LogP contribution is -2.68. The van der Waals surface area contributed by atoms with Crippen LogP contribution < -0.4 is 5.73 Å². The number of nitrogens with two attached hydrogens (primary N) is 1. The Bertz CT molecular complexity index is 310. The molecule has 0 saturated carbocycles. The zero-order valence-corrected chi connectivity index (χ0v) is 7.80. The van der Waals surface area contributed by atoms with E-state index in [2.05, 4.69) is 0 Å². The summed E-state index contributed by atoms with van der Waals surface area (Å²) in [5.74, 6) is -5.48. The molecule has 8 nitrogen and oxygen atoms in total. The summed E-state index contributed by atoms with van der Waals surface area (Å²) in [4.78, 5) is 31.6. The second kappa shape index (κ2) is 3.83. The summed E-state index contributed by atoms with van der Waals surface area (Å²) in [6.45, 7) is 0.729. The zero-order chi connectivity index (χ0) is 12.4. The molecule has 0 spiro atoms. The molecule has 0 amide bonds. The van der Waals surface area contributed by atoms with Crippen molar-refractivity contribution in [3.05, 3.63) is 0 Å². The van der Waals surface area contributed by atoms with E-state index in [0.717, 1.165) is 6.92 Å². The van der Waals surface area contributed by atoms with Gasteiger partial charge in [-0.3, -0.25) is 9.59 Å². The van der Waals surface area contributed by atoms with Crippen LogP contribution in [0.25, 0.3) is 0 Å². The van der Waals surface area contributed by atoms with Gasteiger partial charge in [-0.15, -0.1) is 0 Å². The number of aliphatic hydroxyl groups is 1. The Morgan fingerprint density at radius 2 is 1.53 bits per heavy atom. The third-order valence-corrected chi connectivity index (χ3v) is 2.06. The lowest BCUT2D eigenvalue weighted by atomic mass is 9.79. The van der Waals surface area contributed by atoms with Crippen molar-refractivity contribution >= 4 is 17.9 Å². The van der Waals surface area contributed by atoms with Gasteiger partial charge < -0.3 is 26.2 Å². The van der Waals surface area contributed by atoms with E-state index in [0.29, 0.717) is 0 Å². The largest absolute Gasteiger partial charge is 0.481 e. The van der Waals surface area contributed by atoms with Crippen molar-refractivity contribution in [3.63, 3.8) is 0 Å². The summed E-state index contributed by atoms with van der Waals surface area (Å²) in [7, 11) is 0. The van der Waals surface area contributed by atoms with Crippen LogP contribution in [0.3, 0.4) is 0 Å². The van der Waals surface area contributed by atoms with Gasteiger partial charge in [-0.25, -0.2) is 4.79 Å². The molecule has 86 valence electrons. The van der Waals surface area contributed by atoms with Crippen LogP contribution in [0.2, 0.25) is 0 Å². The number of hydrogen-bond acceptors (Lipinski definition) is 5. The summed E-state index contributed by atoms with van der Waals surface area (Å²) in [6.07, 6.45) is -1.30. The predicted molar refractivity (Wildman–Crippen MR) is 45.1 cm³/mol. The molecule has 0 radical (unpaired) electrons. The molecule has 2 atom stereocenters. The van der Waals surface area contributed by atoms with E-state index in [-0.39, 0.29) is 0 Å². The fraction of sp³-hybridized carbons (Fsp3) is 0.571. The maximum Gasteiger partial charge on any atom is 0.338 e. The van der Waals surface area contributed by atoms with E-state index >= 15 is 0 Å². The molecule has 0 aromatic carbocycles. The van der Waals surface area contributed by atoms with Gasteiger partial charge in [-0.1, -0.05) is 0 Å². The fourth-order valence-electron chi connectivity index (χ4n) is 0.877. The van der Waals surface area contributed by atoms with Crippen LogP contribution >= 0.6 is 0 Å². The molecular weight excluding hydrogens is 210 g/mol. The molecule has 0 aliphatic heterocycles. The Morgan fingerprint density at radius 3 is 1.73 bits per heavy atom. The standard InChI is InChI=1S/C7H11NO7/c1-6(8,4(11)12)7(15,5(13)14)2-3(9)10/h15H,2,8H2,1H3,(H,9,10)(H,11,12)(H,13,14). The third-order valence-electron chi connectivity index (χ3n) is 2.06. The van der Waals surface area contributed by atoms with Gasteiger partial charge in [0.15, 0.2) is 5.54 Å². The molecule has 0 heterocycles. The topological polar surface area (TPSA) is 158 Å². The Morgan fingerprint density at radius 1 is 1.13 bits per heavy atom. The fourth-order valence-corrected chi connectivity index (χ4v) is 0.877. The first-order valence-corrected chi connectivity index (χ1v) is 3.75. The maximum atomic E-state index is 10.7. The molecule has 0 aliphatic rings. The second-order valence-electron chi connectivity index (χ2n) is 3.24. The summed E-state index contributed by atoms with van der Waals surface area (Å²) in [5, 5.41) is 35.0. The van der Waals surface area contributed by atoms with E-state index in [9.17, 15) is 19.5 Å². The third kappa shape index (κ3) is 2.22. The molecule has 15 heavy (non-hydrogen) atoms. The first-order chi connectivity index (χ1) is 6.55. The van der Waals surface area contributed by atoms with E-state index < -0.39 is 35.5 Å².